The molecule has 110 valence electrons. The van der Waals surface area contributed by atoms with E-state index in [4.69, 9.17) is 15.7 Å². The normalized spacial score (nSPS) is 10.7. The molecule has 7 nitrogen and oxygen atoms in total. The summed E-state index contributed by atoms with van der Waals surface area (Å²) in [5.74, 6) is -0.0458. The number of ether oxygens (including phenoxy) is 1. The van der Waals surface area contributed by atoms with Gasteiger partial charge < -0.3 is 15.0 Å². The Balaban J connectivity index is 2.31. The molecular formula is C15H13N5O2. The Bertz CT molecular complexity index is 923. The predicted octanol–water partition coefficient (Wildman–Crippen LogP) is 1.60. The van der Waals surface area contributed by atoms with Crippen LogP contribution in [0.3, 0.4) is 0 Å². The molecule has 0 spiro atoms. The Labute approximate surface area is 125 Å². The smallest absolute Gasteiger partial charge is 0.326 e. The van der Waals surface area contributed by atoms with E-state index in [1.165, 1.54) is 6.33 Å². The quantitative estimate of drug-likeness (QED) is 0.735. The number of carbonyl (C=O) groups is 1. The van der Waals surface area contributed by atoms with Crippen molar-refractivity contribution in [2.45, 2.75) is 13.5 Å². The van der Waals surface area contributed by atoms with Gasteiger partial charge in [-0.2, -0.15) is 5.26 Å². The number of nitrogen functional groups attached to an aromatic ring is 1. The first-order valence-corrected chi connectivity index (χ1v) is 6.73. The highest BCUT2D eigenvalue weighted by Gasteiger charge is 2.17. The van der Waals surface area contributed by atoms with E-state index in [1.54, 1.807) is 29.7 Å². The highest BCUT2D eigenvalue weighted by atomic mass is 16.5. The fourth-order valence-corrected chi connectivity index (χ4v) is 2.50. The minimum absolute atomic E-state index is 0.0240. The second-order valence-corrected chi connectivity index (χ2v) is 4.69. The van der Waals surface area contributed by atoms with Crippen LogP contribution in [0, 0.1) is 11.3 Å². The summed E-state index contributed by atoms with van der Waals surface area (Å²) in [6.45, 7) is 2.09. The van der Waals surface area contributed by atoms with E-state index in [0.717, 1.165) is 10.9 Å². The number of aromatic nitrogens is 3. The SMILES string of the molecule is CCOC(=O)Cn1c2ccc(C#N)cc2c2c(N)ncnc21. The van der Waals surface area contributed by atoms with Gasteiger partial charge in [0.05, 0.1) is 29.1 Å². The van der Waals surface area contributed by atoms with Gasteiger partial charge in [-0.25, -0.2) is 9.97 Å². The number of anilines is 1. The molecule has 3 rings (SSSR count). The van der Waals surface area contributed by atoms with Crippen LogP contribution in [-0.2, 0) is 16.1 Å². The number of hydrogen-bond acceptors (Lipinski definition) is 6. The molecule has 0 amide bonds. The molecular weight excluding hydrogens is 282 g/mol. The van der Waals surface area contributed by atoms with Crippen molar-refractivity contribution < 1.29 is 9.53 Å². The zero-order valence-corrected chi connectivity index (χ0v) is 11.9. The van der Waals surface area contributed by atoms with Gasteiger partial charge in [0.1, 0.15) is 24.3 Å². The molecule has 0 fully saturated rings. The summed E-state index contributed by atoms with van der Waals surface area (Å²) < 4.78 is 6.73. The number of hydrogen-bond donors (Lipinski definition) is 1. The highest BCUT2D eigenvalue weighted by Crippen LogP contribution is 2.31. The molecule has 2 N–H and O–H groups in total. The van der Waals surface area contributed by atoms with E-state index in [0.29, 0.717) is 29.0 Å². The predicted molar refractivity (Wildman–Crippen MR) is 80.8 cm³/mol. The summed E-state index contributed by atoms with van der Waals surface area (Å²) >= 11 is 0. The summed E-state index contributed by atoms with van der Waals surface area (Å²) in [4.78, 5) is 20.1. The Kier molecular flexibility index (Phi) is 3.35. The molecule has 22 heavy (non-hydrogen) atoms. The van der Waals surface area contributed by atoms with Gasteiger partial charge in [0.15, 0.2) is 0 Å². The third-order valence-corrected chi connectivity index (χ3v) is 3.39. The number of nitrogens with two attached hydrogens (primary N) is 1. The van der Waals surface area contributed by atoms with Crippen molar-refractivity contribution in [1.29, 1.82) is 5.26 Å². The number of rotatable bonds is 3. The van der Waals surface area contributed by atoms with Crippen molar-refractivity contribution in [1.82, 2.24) is 14.5 Å². The fourth-order valence-electron chi connectivity index (χ4n) is 2.50. The van der Waals surface area contributed by atoms with Gasteiger partial charge in [0.25, 0.3) is 0 Å². The zero-order valence-electron chi connectivity index (χ0n) is 11.9. The average molecular weight is 295 g/mol. The fraction of sp³-hybridized carbons (Fsp3) is 0.200. The maximum atomic E-state index is 11.8. The second-order valence-electron chi connectivity index (χ2n) is 4.69. The van der Waals surface area contributed by atoms with Gasteiger partial charge in [-0.05, 0) is 25.1 Å². The van der Waals surface area contributed by atoms with Crippen LogP contribution in [-0.4, -0.2) is 27.1 Å². The number of fused-ring (bicyclic) bond motifs is 3. The number of benzene rings is 1. The number of esters is 1. The van der Waals surface area contributed by atoms with Crippen LogP contribution in [0.25, 0.3) is 21.9 Å². The summed E-state index contributed by atoms with van der Waals surface area (Å²) in [6, 6.07) is 7.27. The van der Waals surface area contributed by atoms with Crippen molar-refractivity contribution in [3.63, 3.8) is 0 Å². The Morgan fingerprint density at radius 3 is 3.00 bits per heavy atom. The van der Waals surface area contributed by atoms with Crippen LogP contribution in [0.2, 0.25) is 0 Å². The first-order chi connectivity index (χ1) is 10.7. The van der Waals surface area contributed by atoms with Crippen molar-refractivity contribution in [3.05, 3.63) is 30.1 Å². The lowest BCUT2D eigenvalue weighted by molar-refractivity contribution is -0.143. The largest absolute Gasteiger partial charge is 0.465 e. The minimum atomic E-state index is -0.358. The van der Waals surface area contributed by atoms with Crippen molar-refractivity contribution in [2.24, 2.45) is 0 Å². The maximum Gasteiger partial charge on any atom is 0.326 e. The van der Waals surface area contributed by atoms with E-state index >= 15 is 0 Å². The number of nitriles is 1. The third kappa shape index (κ3) is 2.11. The van der Waals surface area contributed by atoms with Gasteiger partial charge in [-0.1, -0.05) is 0 Å². The Hall–Kier alpha value is -3.14. The van der Waals surface area contributed by atoms with Crippen LogP contribution in [0.1, 0.15) is 12.5 Å². The maximum absolute atomic E-state index is 11.8. The van der Waals surface area contributed by atoms with E-state index in [2.05, 4.69) is 16.0 Å². The molecule has 0 aliphatic heterocycles. The lowest BCUT2D eigenvalue weighted by atomic mass is 10.1. The lowest BCUT2D eigenvalue weighted by Crippen LogP contribution is -2.13. The van der Waals surface area contributed by atoms with E-state index in [-0.39, 0.29) is 12.5 Å². The van der Waals surface area contributed by atoms with Gasteiger partial charge in [0, 0.05) is 5.39 Å². The third-order valence-electron chi connectivity index (χ3n) is 3.39. The van der Waals surface area contributed by atoms with Gasteiger partial charge in [0.2, 0.25) is 0 Å². The summed E-state index contributed by atoms with van der Waals surface area (Å²) in [6.07, 6.45) is 1.35. The van der Waals surface area contributed by atoms with Crippen LogP contribution < -0.4 is 5.73 Å². The minimum Gasteiger partial charge on any atom is -0.465 e. The lowest BCUT2D eigenvalue weighted by Gasteiger charge is -2.06. The summed E-state index contributed by atoms with van der Waals surface area (Å²) in [5, 5.41) is 10.5. The number of carbonyl (C=O) groups excluding carboxylic acids is 1. The monoisotopic (exact) mass is 295 g/mol. The van der Waals surface area contributed by atoms with Crippen LogP contribution >= 0.6 is 0 Å². The van der Waals surface area contributed by atoms with Gasteiger partial charge in [-0.3, -0.25) is 4.79 Å². The van der Waals surface area contributed by atoms with E-state index in [9.17, 15) is 4.79 Å². The van der Waals surface area contributed by atoms with Crippen LogP contribution in [0.15, 0.2) is 24.5 Å². The summed E-state index contributed by atoms with van der Waals surface area (Å²) in [5.41, 5.74) is 7.76. The zero-order chi connectivity index (χ0) is 15.7. The van der Waals surface area contributed by atoms with Crippen LogP contribution in [0.5, 0.6) is 0 Å². The molecule has 0 aliphatic rings. The molecule has 0 saturated heterocycles. The average Bonchev–Trinajstić information content (AvgIpc) is 2.82. The number of nitrogens with zero attached hydrogens (tertiary/aromatic N) is 4. The molecule has 2 aromatic heterocycles. The van der Waals surface area contributed by atoms with Crippen molar-refractivity contribution in [2.75, 3.05) is 12.3 Å². The van der Waals surface area contributed by atoms with Crippen LogP contribution in [0.4, 0.5) is 5.82 Å². The molecule has 0 aliphatic carbocycles. The summed E-state index contributed by atoms with van der Waals surface area (Å²) in [7, 11) is 0. The molecule has 0 bridgehead atoms. The molecule has 1 aromatic carbocycles. The Morgan fingerprint density at radius 1 is 1.45 bits per heavy atom. The molecule has 0 saturated carbocycles. The van der Waals surface area contributed by atoms with Crippen molar-refractivity contribution >= 4 is 33.7 Å². The molecule has 3 aromatic rings. The molecule has 0 atom stereocenters. The molecule has 7 heteroatoms. The molecule has 0 radical (unpaired) electrons. The second kappa shape index (κ2) is 5.33. The van der Waals surface area contributed by atoms with E-state index < -0.39 is 0 Å². The van der Waals surface area contributed by atoms with Crippen molar-refractivity contribution in [3.8, 4) is 6.07 Å². The first-order valence-electron chi connectivity index (χ1n) is 6.73. The van der Waals surface area contributed by atoms with E-state index in [1.807, 2.05) is 0 Å². The van der Waals surface area contributed by atoms with Gasteiger partial charge in [-0.15, -0.1) is 0 Å². The Morgan fingerprint density at radius 2 is 2.27 bits per heavy atom. The topological polar surface area (TPSA) is 107 Å². The molecule has 2 heterocycles. The molecule has 0 unspecified atom stereocenters. The highest BCUT2D eigenvalue weighted by molar-refractivity contribution is 6.12. The van der Waals surface area contributed by atoms with Gasteiger partial charge >= 0.3 is 5.97 Å². The standard InChI is InChI=1S/C15H13N5O2/c1-2-22-12(21)7-20-11-4-3-9(6-16)5-10(11)13-14(17)18-8-19-15(13)20/h3-5,8H,2,7H2,1H3,(H2,17,18,19). The first kappa shape index (κ1) is 13.8.